The van der Waals surface area contributed by atoms with Gasteiger partial charge in [-0.15, -0.1) is 0 Å². The van der Waals surface area contributed by atoms with E-state index in [-0.39, 0.29) is 6.10 Å². The van der Waals surface area contributed by atoms with Crippen molar-refractivity contribution in [1.29, 1.82) is 0 Å². The molecule has 3 rings (SSSR count). The number of ether oxygens (including phenoxy) is 1. The summed E-state index contributed by atoms with van der Waals surface area (Å²) in [6.07, 6.45) is 1.31. The zero-order chi connectivity index (χ0) is 17.6. The van der Waals surface area contributed by atoms with Crippen LogP contribution in [-0.4, -0.2) is 43.7 Å². The maximum atomic E-state index is 5.98. The molecule has 25 heavy (non-hydrogen) atoms. The summed E-state index contributed by atoms with van der Waals surface area (Å²) in [6, 6.07) is 17.1. The van der Waals surface area contributed by atoms with Crippen molar-refractivity contribution in [2.75, 3.05) is 37.6 Å². The molecule has 1 saturated heterocycles. The molecule has 0 bridgehead atoms. The number of halogens is 1. The van der Waals surface area contributed by atoms with Crippen LogP contribution in [0.1, 0.15) is 19.4 Å². The van der Waals surface area contributed by atoms with Gasteiger partial charge in [-0.3, -0.25) is 4.90 Å². The molecule has 4 heteroatoms. The Labute approximate surface area is 159 Å². The lowest BCUT2D eigenvalue weighted by Crippen LogP contribution is -2.47. The normalized spacial score (nSPS) is 15.6. The molecule has 2 aromatic rings. The van der Waals surface area contributed by atoms with E-state index in [0.29, 0.717) is 0 Å². The highest BCUT2D eigenvalue weighted by Crippen LogP contribution is 2.29. The van der Waals surface area contributed by atoms with Crippen LogP contribution in [0.3, 0.4) is 0 Å². The van der Waals surface area contributed by atoms with Crippen molar-refractivity contribution >= 4 is 21.6 Å². The van der Waals surface area contributed by atoms with Crippen LogP contribution >= 0.6 is 15.9 Å². The molecular weight excluding hydrogens is 376 g/mol. The summed E-state index contributed by atoms with van der Waals surface area (Å²) >= 11 is 3.50. The first-order valence-electron chi connectivity index (χ1n) is 9.09. The summed E-state index contributed by atoms with van der Waals surface area (Å²) in [7, 11) is 0. The van der Waals surface area contributed by atoms with Crippen LogP contribution in [0.25, 0.3) is 0 Å². The lowest BCUT2D eigenvalue weighted by molar-refractivity contribution is 0.238. The average Bonchev–Trinajstić information content (AvgIpc) is 2.62. The van der Waals surface area contributed by atoms with Crippen LogP contribution in [-0.2, 0) is 6.42 Å². The quantitative estimate of drug-likeness (QED) is 0.701. The first kappa shape index (κ1) is 18.3. The smallest absolute Gasteiger partial charge is 0.142 e. The van der Waals surface area contributed by atoms with Crippen LogP contribution in [0.5, 0.6) is 5.75 Å². The van der Waals surface area contributed by atoms with Crippen molar-refractivity contribution in [2.24, 2.45) is 0 Å². The van der Waals surface area contributed by atoms with Gasteiger partial charge in [-0.25, -0.2) is 0 Å². The molecule has 1 heterocycles. The molecule has 0 atom stereocenters. The Balaban J connectivity index is 1.53. The zero-order valence-corrected chi connectivity index (χ0v) is 16.7. The SMILES string of the molecule is CC(C)Oc1ccccc1N1CCN(CCc2ccc(Br)cc2)CC1. The highest BCUT2D eigenvalue weighted by atomic mass is 79.9. The van der Waals surface area contributed by atoms with Crippen molar-refractivity contribution in [3.8, 4) is 5.75 Å². The predicted molar refractivity (Wildman–Crippen MR) is 109 cm³/mol. The third-order valence-corrected chi connectivity index (χ3v) is 5.10. The number of hydrogen-bond acceptors (Lipinski definition) is 3. The van der Waals surface area contributed by atoms with E-state index in [4.69, 9.17) is 4.74 Å². The van der Waals surface area contributed by atoms with Crippen LogP contribution in [0.2, 0.25) is 0 Å². The van der Waals surface area contributed by atoms with Gasteiger partial charge >= 0.3 is 0 Å². The molecule has 0 amide bonds. The second-order valence-corrected chi connectivity index (χ2v) is 7.76. The van der Waals surface area contributed by atoms with Crippen LogP contribution in [0, 0.1) is 0 Å². The molecule has 3 nitrogen and oxygen atoms in total. The predicted octanol–water partition coefficient (Wildman–Crippen LogP) is 4.60. The van der Waals surface area contributed by atoms with E-state index in [1.54, 1.807) is 0 Å². The molecule has 2 aromatic carbocycles. The van der Waals surface area contributed by atoms with Crippen LogP contribution < -0.4 is 9.64 Å². The molecule has 1 aliphatic heterocycles. The monoisotopic (exact) mass is 402 g/mol. The van der Waals surface area contributed by atoms with E-state index in [1.807, 2.05) is 0 Å². The summed E-state index contributed by atoms with van der Waals surface area (Å²) in [5.74, 6) is 1.00. The van der Waals surface area contributed by atoms with E-state index >= 15 is 0 Å². The number of nitrogens with zero attached hydrogens (tertiary/aromatic N) is 2. The minimum atomic E-state index is 0.202. The average molecular weight is 403 g/mol. The first-order valence-corrected chi connectivity index (χ1v) is 9.88. The Hall–Kier alpha value is -1.52. The van der Waals surface area contributed by atoms with E-state index in [0.717, 1.165) is 49.4 Å². The summed E-state index contributed by atoms with van der Waals surface area (Å²) < 4.78 is 7.13. The van der Waals surface area contributed by atoms with Crippen molar-refractivity contribution in [2.45, 2.75) is 26.4 Å². The molecular formula is C21H27BrN2O. The molecule has 0 saturated carbocycles. The van der Waals surface area contributed by atoms with E-state index in [9.17, 15) is 0 Å². The topological polar surface area (TPSA) is 15.7 Å². The Kier molecular flexibility index (Phi) is 6.38. The van der Waals surface area contributed by atoms with Crippen LogP contribution in [0.4, 0.5) is 5.69 Å². The fourth-order valence-corrected chi connectivity index (χ4v) is 3.49. The van der Waals surface area contributed by atoms with Gasteiger partial charge in [0.1, 0.15) is 5.75 Å². The van der Waals surface area contributed by atoms with Gasteiger partial charge in [0.05, 0.1) is 11.8 Å². The van der Waals surface area contributed by atoms with E-state index in [1.165, 1.54) is 11.3 Å². The van der Waals surface area contributed by atoms with Gasteiger partial charge in [0.2, 0.25) is 0 Å². The number of piperazine rings is 1. The van der Waals surface area contributed by atoms with Crippen molar-refractivity contribution in [1.82, 2.24) is 4.90 Å². The highest BCUT2D eigenvalue weighted by molar-refractivity contribution is 9.10. The molecule has 1 fully saturated rings. The number of rotatable bonds is 6. The van der Waals surface area contributed by atoms with E-state index < -0.39 is 0 Å². The van der Waals surface area contributed by atoms with Gasteiger partial charge in [0.25, 0.3) is 0 Å². The van der Waals surface area contributed by atoms with Gasteiger partial charge in [0, 0.05) is 37.2 Å². The lowest BCUT2D eigenvalue weighted by Gasteiger charge is -2.37. The zero-order valence-electron chi connectivity index (χ0n) is 15.1. The fourth-order valence-electron chi connectivity index (χ4n) is 3.22. The molecule has 0 spiro atoms. The third-order valence-electron chi connectivity index (χ3n) is 4.57. The van der Waals surface area contributed by atoms with Gasteiger partial charge < -0.3 is 9.64 Å². The van der Waals surface area contributed by atoms with Gasteiger partial charge in [-0.2, -0.15) is 0 Å². The standard InChI is InChI=1S/C21H27BrN2O/c1-17(2)25-21-6-4-3-5-20(21)24-15-13-23(14-16-24)12-11-18-7-9-19(22)10-8-18/h3-10,17H,11-16H2,1-2H3. The first-order chi connectivity index (χ1) is 12.1. The van der Waals surface area contributed by atoms with Crippen molar-refractivity contribution < 1.29 is 4.74 Å². The molecule has 1 aliphatic rings. The minimum absolute atomic E-state index is 0.202. The molecule has 0 unspecified atom stereocenters. The molecule has 0 radical (unpaired) electrons. The number of hydrogen-bond donors (Lipinski definition) is 0. The van der Waals surface area contributed by atoms with E-state index in [2.05, 4.69) is 88.1 Å². The molecule has 0 N–H and O–H groups in total. The molecule has 0 aliphatic carbocycles. The Morgan fingerprint density at radius 1 is 0.960 bits per heavy atom. The Bertz CT molecular complexity index is 664. The summed E-state index contributed by atoms with van der Waals surface area (Å²) in [5, 5.41) is 0. The summed E-state index contributed by atoms with van der Waals surface area (Å²) in [4.78, 5) is 5.01. The second kappa shape index (κ2) is 8.72. The maximum absolute atomic E-state index is 5.98. The molecule has 0 aromatic heterocycles. The van der Waals surface area contributed by atoms with Crippen molar-refractivity contribution in [3.05, 3.63) is 58.6 Å². The Morgan fingerprint density at radius 2 is 1.64 bits per heavy atom. The minimum Gasteiger partial charge on any atom is -0.489 e. The van der Waals surface area contributed by atoms with Gasteiger partial charge in [-0.1, -0.05) is 40.2 Å². The largest absolute Gasteiger partial charge is 0.489 e. The number of para-hydroxylation sites is 2. The summed E-state index contributed by atoms with van der Waals surface area (Å²) in [6.45, 7) is 9.60. The third kappa shape index (κ3) is 5.23. The fraction of sp³-hybridized carbons (Fsp3) is 0.429. The summed E-state index contributed by atoms with van der Waals surface area (Å²) in [5.41, 5.74) is 2.63. The van der Waals surface area contributed by atoms with Gasteiger partial charge in [0.15, 0.2) is 0 Å². The Morgan fingerprint density at radius 3 is 2.32 bits per heavy atom. The maximum Gasteiger partial charge on any atom is 0.142 e. The number of benzene rings is 2. The van der Waals surface area contributed by atoms with Gasteiger partial charge in [-0.05, 0) is 50.1 Å². The molecule has 134 valence electrons. The second-order valence-electron chi connectivity index (χ2n) is 6.84. The highest BCUT2D eigenvalue weighted by Gasteiger charge is 2.19. The van der Waals surface area contributed by atoms with Crippen LogP contribution in [0.15, 0.2) is 53.0 Å². The number of anilines is 1. The lowest BCUT2D eigenvalue weighted by atomic mass is 10.1. The van der Waals surface area contributed by atoms with Crippen molar-refractivity contribution in [3.63, 3.8) is 0 Å².